The van der Waals surface area contributed by atoms with E-state index < -0.39 is 29.1 Å². The van der Waals surface area contributed by atoms with E-state index in [0.29, 0.717) is 11.6 Å². The Bertz CT molecular complexity index is 1350. The number of hydrogen-bond acceptors (Lipinski definition) is 8. The number of benzene rings is 1. The molecule has 33 heavy (non-hydrogen) atoms. The summed E-state index contributed by atoms with van der Waals surface area (Å²) in [5.41, 5.74) is 12.4. The van der Waals surface area contributed by atoms with Crippen LogP contribution in [-0.2, 0) is 17.7 Å². The van der Waals surface area contributed by atoms with Crippen LogP contribution in [0, 0.1) is 17.5 Å². The summed E-state index contributed by atoms with van der Waals surface area (Å²) in [6.07, 6.45) is 0.371. The highest BCUT2D eigenvalue weighted by Crippen LogP contribution is 2.27. The summed E-state index contributed by atoms with van der Waals surface area (Å²) < 4.78 is 47.9. The zero-order valence-electron chi connectivity index (χ0n) is 17.1. The Kier molecular flexibility index (Phi) is 5.69. The molecule has 0 saturated carbocycles. The van der Waals surface area contributed by atoms with Crippen molar-refractivity contribution in [3.63, 3.8) is 0 Å². The Morgan fingerprint density at radius 3 is 2.45 bits per heavy atom. The Labute approximate surface area is 184 Å². The molecule has 0 radical (unpaired) electrons. The molecule has 3 aromatic heterocycles. The van der Waals surface area contributed by atoms with Crippen LogP contribution in [0.5, 0.6) is 0 Å². The van der Waals surface area contributed by atoms with Gasteiger partial charge in [0.1, 0.15) is 29.0 Å². The smallest absolute Gasteiger partial charge is 0.407 e. The number of anilines is 2. The van der Waals surface area contributed by atoms with Crippen LogP contribution in [0.3, 0.4) is 0 Å². The number of carbonyl (C=O) groups is 1. The Morgan fingerprint density at radius 1 is 1.06 bits per heavy atom. The lowest BCUT2D eigenvalue weighted by molar-refractivity contribution is 0.170. The number of nitrogen functional groups attached to an aromatic ring is 2. The number of fused-ring (bicyclic) bond motifs is 1. The number of alkyl carbamates (subject to hydrolysis) is 1. The first-order valence-corrected chi connectivity index (χ1v) is 9.49. The lowest BCUT2D eigenvalue weighted by Crippen LogP contribution is -2.24. The Balaban J connectivity index is 1.77. The molecule has 0 unspecified atom stereocenters. The van der Waals surface area contributed by atoms with Crippen molar-refractivity contribution in [2.75, 3.05) is 18.6 Å². The normalized spacial score (nSPS) is 11.0. The largest absolute Gasteiger partial charge is 0.453 e. The minimum atomic E-state index is -1.31. The highest BCUT2D eigenvalue weighted by molar-refractivity contribution is 5.75. The number of nitrogens with zero attached hydrogens (tertiary/aromatic N) is 5. The van der Waals surface area contributed by atoms with Gasteiger partial charge in [0.15, 0.2) is 17.5 Å². The van der Waals surface area contributed by atoms with E-state index in [9.17, 15) is 18.0 Å². The monoisotopic (exact) mass is 458 g/mol. The van der Waals surface area contributed by atoms with Crippen molar-refractivity contribution in [2.45, 2.75) is 13.0 Å². The molecule has 1 aromatic carbocycles. The number of nitrogens with one attached hydrogen (secondary N) is 1. The van der Waals surface area contributed by atoms with E-state index >= 15 is 0 Å². The number of halogens is 3. The van der Waals surface area contributed by atoms with Crippen LogP contribution < -0.4 is 16.8 Å². The minimum absolute atomic E-state index is 0.0114. The molecular formula is C20H17F3N8O2. The quantitative estimate of drug-likeness (QED) is 0.386. The number of methoxy groups -OCH3 is 1. The summed E-state index contributed by atoms with van der Waals surface area (Å²) in [6, 6.07) is 4.80. The van der Waals surface area contributed by atoms with Gasteiger partial charge in [0.05, 0.1) is 24.7 Å². The van der Waals surface area contributed by atoms with E-state index in [-0.39, 0.29) is 47.5 Å². The molecule has 0 saturated heterocycles. The highest BCUT2D eigenvalue weighted by Gasteiger charge is 2.22. The number of aromatic nitrogens is 5. The zero-order chi connectivity index (χ0) is 23.7. The van der Waals surface area contributed by atoms with Crippen LogP contribution in [0.2, 0.25) is 0 Å². The van der Waals surface area contributed by atoms with Crippen molar-refractivity contribution in [3.05, 3.63) is 64.9 Å². The van der Waals surface area contributed by atoms with Crippen molar-refractivity contribution in [1.29, 1.82) is 0 Å². The SMILES string of the molecule is COC(=O)NCc1c(N)nc(-c2nc(Cc3c(F)ccc(F)c3F)n3ncccc23)nc1N. The molecule has 4 aromatic rings. The summed E-state index contributed by atoms with van der Waals surface area (Å²) in [5.74, 6) is -3.29. The molecule has 3 heterocycles. The molecule has 0 aliphatic rings. The van der Waals surface area contributed by atoms with Crippen LogP contribution in [0.15, 0.2) is 30.5 Å². The topological polar surface area (TPSA) is 146 Å². The van der Waals surface area contributed by atoms with Crippen molar-refractivity contribution in [1.82, 2.24) is 29.9 Å². The van der Waals surface area contributed by atoms with Gasteiger partial charge >= 0.3 is 6.09 Å². The van der Waals surface area contributed by atoms with E-state index in [1.54, 1.807) is 12.1 Å². The van der Waals surface area contributed by atoms with Crippen LogP contribution in [0.25, 0.3) is 17.0 Å². The van der Waals surface area contributed by atoms with Gasteiger partial charge in [0, 0.05) is 18.2 Å². The summed E-state index contributed by atoms with van der Waals surface area (Å²) in [7, 11) is 1.21. The average molecular weight is 458 g/mol. The second kappa shape index (κ2) is 8.61. The summed E-state index contributed by atoms with van der Waals surface area (Å²) >= 11 is 0. The summed E-state index contributed by atoms with van der Waals surface area (Å²) in [6.45, 7) is -0.0700. The molecule has 1 amide bonds. The molecule has 10 nitrogen and oxygen atoms in total. The van der Waals surface area contributed by atoms with E-state index in [1.165, 1.54) is 17.8 Å². The first kappa shape index (κ1) is 21.8. The lowest BCUT2D eigenvalue weighted by Gasteiger charge is -2.10. The lowest BCUT2D eigenvalue weighted by atomic mass is 10.1. The molecule has 0 aliphatic carbocycles. The van der Waals surface area contributed by atoms with Crippen LogP contribution >= 0.6 is 0 Å². The molecule has 0 spiro atoms. The van der Waals surface area contributed by atoms with Gasteiger partial charge < -0.3 is 21.5 Å². The third-order valence-corrected chi connectivity index (χ3v) is 4.83. The molecule has 0 fully saturated rings. The summed E-state index contributed by atoms with van der Waals surface area (Å²) in [5, 5.41) is 6.60. The van der Waals surface area contributed by atoms with Crippen LogP contribution in [-0.4, -0.2) is 37.8 Å². The van der Waals surface area contributed by atoms with Crippen LogP contribution in [0.1, 0.15) is 17.0 Å². The van der Waals surface area contributed by atoms with E-state index in [1.807, 2.05) is 0 Å². The van der Waals surface area contributed by atoms with E-state index in [0.717, 1.165) is 6.07 Å². The van der Waals surface area contributed by atoms with Crippen molar-refractivity contribution in [2.24, 2.45) is 0 Å². The van der Waals surface area contributed by atoms with Gasteiger partial charge in [-0.05, 0) is 24.3 Å². The average Bonchev–Trinajstić information content (AvgIpc) is 3.17. The van der Waals surface area contributed by atoms with Gasteiger partial charge in [0.2, 0.25) is 0 Å². The van der Waals surface area contributed by atoms with Gasteiger partial charge in [-0.1, -0.05) is 0 Å². The number of nitrogens with two attached hydrogens (primary N) is 2. The third kappa shape index (κ3) is 4.07. The van der Waals surface area contributed by atoms with Crippen molar-refractivity contribution in [3.8, 4) is 11.5 Å². The number of hydrogen-bond donors (Lipinski definition) is 3. The second-order valence-corrected chi connectivity index (χ2v) is 6.84. The molecule has 0 bridgehead atoms. The van der Waals surface area contributed by atoms with E-state index in [4.69, 9.17) is 11.5 Å². The molecular weight excluding hydrogens is 441 g/mol. The Hall–Kier alpha value is -4.42. The van der Waals surface area contributed by atoms with Gasteiger partial charge in [-0.15, -0.1) is 0 Å². The second-order valence-electron chi connectivity index (χ2n) is 6.84. The predicted octanol–water partition coefficient (Wildman–Crippen LogP) is 2.21. The standard InChI is InChI=1S/C20H17F3N8O2/c1-33-20(32)26-8-10-17(24)29-19(30-18(10)25)16-13-3-2-6-27-31(13)14(28-16)7-9-11(21)4-5-12(22)15(9)23/h2-6H,7-8H2,1H3,(H,26,32)(H4,24,25,29,30). The maximum atomic E-state index is 14.2. The third-order valence-electron chi connectivity index (χ3n) is 4.83. The summed E-state index contributed by atoms with van der Waals surface area (Å²) in [4.78, 5) is 24.1. The molecule has 5 N–H and O–H groups in total. The van der Waals surface area contributed by atoms with Gasteiger partial charge in [0.25, 0.3) is 0 Å². The molecule has 0 aliphatic heterocycles. The fourth-order valence-electron chi connectivity index (χ4n) is 3.20. The highest BCUT2D eigenvalue weighted by atomic mass is 19.2. The van der Waals surface area contributed by atoms with Gasteiger partial charge in [-0.3, -0.25) is 0 Å². The van der Waals surface area contributed by atoms with Crippen molar-refractivity contribution >= 4 is 23.2 Å². The number of amides is 1. The zero-order valence-corrected chi connectivity index (χ0v) is 17.1. The maximum absolute atomic E-state index is 14.2. The predicted molar refractivity (Wildman–Crippen MR) is 111 cm³/mol. The number of carbonyl (C=O) groups excluding carboxylic acids is 1. The minimum Gasteiger partial charge on any atom is -0.453 e. The number of imidazole rings is 1. The van der Waals surface area contributed by atoms with Gasteiger partial charge in [-0.25, -0.2) is 37.4 Å². The number of ether oxygens (including phenoxy) is 1. The maximum Gasteiger partial charge on any atom is 0.407 e. The van der Waals surface area contributed by atoms with E-state index in [2.05, 4.69) is 30.1 Å². The molecule has 13 heteroatoms. The number of rotatable bonds is 5. The first-order valence-electron chi connectivity index (χ1n) is 9.49. The molecule has 170 valence electrons. The first-order chi connectivity index (χ1) is 15.8. The fraction of sp³-hybridized carbons (Fsp3) is 0.150. The van der Waals surface area contributed by atoms with Gasteiger partial charge in [-0.2, -0.15) is 5.10 Å². The Morgan fingerprint density at radius 2 is 1.76 bits per heavy atom. The van der Waals surface area contributed by atoms with Crippen LogP contribution in [0.4, 0.5) is 29.6 Å². The fourth-order valence-corrected chi connectivity index (χ4v) is 3.20. The molecule has 0 atom stereocenters. The molecule has 4 rings (SSSR count). The van der Waals surface area contributed by atoms with Crippen molar-refractivity contribution < 1.29 is 22.7 Å².